The van der Waals surface area contributed by atoms with Crippen LogP contribution in [0, 0.1) is 5.82 Å². The molecule has 2 saturated heterocycles. The first kappa shape index (κ1) is 22.3. The Hall–Kier alpha value is -3.45. The van der Waals surface area contributed by atoms with Crippen LogP contribution in [0.25, 0.3) is 0 Å². The highest BCUT2D eigenvalue weighted by atomic mass is 19.1. The number of anilines is 1. The van der Waals surface area contributed by atoms with E-state index in [1.165, 1.54) is 12.1 Å². The molecule has 176 valence electrons. The fourth-order valence-corrected chi connectivity index (χ4v) is 4.75. The minimum atomic E-state index is -0.503. The second-order valence-corrected chi connectivity index (χ2v) is 9.00. The first-order valence-electron chi connectivity index (χ1n) is 11.7. The molecule has 0 radical (unpaired) electrons. The number of pyridine rings is 1. The molecule has 0 N–H and O–H groups in total. The van der Waals surface area contributed by atoms with E-state index in [4.69, 9.17) is 9.47 Å². The van der Waals surface area contributed by atoms with Crippen molar-refractivity contribution in [2.75, 3.05) is 24.5 Å². The van der Waals surface area contributed by atoms with Crippen molar-refractivity contribution in [3.63, 3.8) is 0 Å². The number of halogens is 1. The summed E-state index contributed by atoms with van der Waals surface area (Å²) < 4.78 is 25.3. The number of benzene rings is 2. The number of carbonyl (C=O) groups excluding carboxylic acids is 1. The SMILES string of the molecule is O=C1OC2(CCCN(Cc3ccccc3OCc3cccnc3)CC2)CN1c1ccc(F)cc1. The van der Waals surface area contributed by atoms with Crippen LogP contribution in [0.1, 0.15) is 30.4 Å². The molecule has 1 amide bonds. The lowest BCUT2D eigenvalue weighted by Crippen LogP contribution is -2.36. The minimum Gasteiger partial charge on any atom is -0.489 e. The molecule has 1 spiro atoms. The molecule has 6 nitrogen and oxygen atoms in total. The number of hydrogen-bond acceptors (Lipinski definition) is 5. The van der Waals surface area contributed by atoms with Crippen molar-refractivity contribution in [2.45, 2.75) is 38.0 Å². The van der Waals surface area contributed by atoms with Crippen LogP contribution in [0.3, 0.4) is 0 Å². The molecule has 2 aromatic carbocycles. The number of para-hydroxylation sites is 1. The highest BCUT2D eigenvalue weighted by molar-refractivity contribution is 5.90. The monoisotopic (exact) mass is 461 g/mol. The maximum absolute atomic E-state index is 13.3. The number of likely N-dealkylation sites (tertiary alicyclic amines) is 1. The van der Waals surface area contributed by atoms with Gasteiger partial charge < -0.3 is 9.47 Å². The van der Waals surface area contributed by atoms with Gasteiger partial charge in [-0.3, -0.25) is 14.8 Å². The van der Waals surface area contributed by atoms with E-state index < -0.39 is 5.60 Å². The summed E-state index contributed by atoms with van der Waals surface area (Å²) in [5, 5.41) is 0. The normalized spacial score (nSPS) is 20.9. The lowest BCUT2D eigenvalue weighted by molar-refractivity contribution is 0.0443. The maximum Gasteiger partial charge on any atom is 0.415 e. The van der Waals surface area contributed by atoms with Crippen molar-refractivity contribution in [3.8, 4) is 5.75 Å². The fourth-order valence-electron chi connectivity index (χ4n) is 4.75. The van der Waals surface area contributed by atoms with E-state index in [2.05, 4.69) is 16.0 Å². The maximum atomic E-state index is 13.3. The minimum absolute atomic E-state index is 0.319. The van der Waals surface area contributed by atoms with Gasteiger partial charge in [0.1, 0.15) is 23.8 Å². The zero-order chi connectivity index (χ0) is 23.4. The molecular formula is C27H28FN3O3. The van der Waals surface area contributed by atoms with E-state index in [9.17, 15) is 9.18 Å². The number of amides is 1. The summed E-state index contributed by atoms with van der Waals surface area (Å²) in [5.41, 5.74) is 2.34. The van der Waals surface area contributed by atoms with Crippen LogP contribution in [-0.4, -0.2) is 41.2 Å². The van der Waals surface area contributed by atoms with Crippen molar-refractivity contribution in [3.05, 3.63) is 90.0 Å². The molecule has 1 atom stereocenters. The Morgan fingerprint density at radius 1 is 1.03 bits per heavy atom. The summed E-state index contributed by atoms with van der Waals surface area (Å²) in [4.78, 5) is 20.8. The van der Waals surface area contributed by atoms with E-state index in [1.54, 1.807) is 23.2 Å². The summed E-state index contributed by atoms with van der Waals surface area (Å²) in [6.07, 6.45) is 5.72. The number of nitrogens with zero attached hydrogens (tertiary/aromatic N) is 3. The van der Waals surface area contributed by atoms with E-state index in [0.29, 0.717) is 18.8 Å². The van der Waals surface area contributed by atoms with Gasteiger partial charge in [-0.25, -0.2) is 9.18 Å². The molecule has 3 aromatic rings. The van der Waals surface area contributed by atoms with Crippen molar-refractivity contribution >= 4 is 11.8 Å². The van der Waals surface area contributed by atoms with Gasteiger partial charge in [0.2, 0.25) is 0 Å². The van der Waals surface area contributed by atoms with Gasteiger partial charge >= 0.3 is 6.09 Å². The summed E-state index contributed by atoms with van der Waals surface area (Å²) in [5.74, 6) is 0.556. The summed E-state index contributed by atoms with van der Waals surface area (Å²) >= 11 is 0. The van der Waals surface area contributed by atoms with Crippen LogP contribution in [0.15, 0.2) is 73.1 Å². The van der Waals surface area contributed by atoms with Crippen LogP contribution in [0.4, 0.5) is 14.9 Å². The first-order valence-corrected chi connectivity index (χ1v) is 11.7. The number of ether oxygens (including phenoxy) is 2. The summed E-state index contributed by atoms with van der Waals surface area (Å²) in [7, 11) is 0. The van der Waals surface area contributed by atoms with Gasteiger partial charge in [0, 0.05) is 48.7 Å². The van der Waals surface area contributed by atoms with Crippen LogP contribution in [-0.2, 0) is 17.9 Å². The predicted molar refractivity (Wildman–Crippen MR) is 127 cm³/mol. The molecule has 1 unspecified atom stereocenters. The fraction of sp³-hybridized carbons (Fsp3) is 0.333. The largest absolute Gasteiger partial charge is 0.489 e. The number of rotatable bonds is 6. The van der Waals surface area contributed by atoms with Crippen LogP contribution in [0.2, 0.25) is 0 Å². The third kappa shape index (κ3) is 5.04. The smallest absolute Gasteiger partial charge is 0.415 e. The van der Waals surface area contributed by atoms with E-state index in [-0.39, 0.29) is 11.9 Å². The van der Waals surface area contributed by atoms with Crippen molar-refractivity contribution in [1.82, 2.24) is 9.88 Å². The van der Waals surface area contributed by atoms with Gasteiger partial charge in [-0.1, -0.05) is 24.3 Å². The van der Waals surface area contributed by atoms with Gasteiger partial charge in [-0.15, -0.1) is 0 Å². The molecular weight excluding hydrogens is 433 g/mol. The zero-order valence-electron chi connectivity index (χ0n) is 19.0. The third-order valence-corrected chi connectivity index (χ3v) is 6.58. The Bertz CT molecular complexity index is 1130. The molecule has 2 fully saturated rings. The quantitative estimate of drug-likeness (QED) is 0.506. The zero-order valence-corrected chi connectivity index (χ0v) is 19.0. The standard InChI is InChI=1S/C27H28FN3O3/c28-23-8-10-24(11-9-23)31-20-27(34-26(31)32)12-4-15-30(16-13-27)18-22-6-1-2-7-25(22)33-19-21-5-3-14-29-17-21/h1-3,5-11,14,17H,4,12-13,15-16,18-20H2. The van der Waals surface area contributed by atoms with Crippen LogP contribution < -0.4 is 9.64 Å². The third-order valence-electron chi connectivity index (χ3n) is 6.58. The average Bonchev–Trinajstić information content (AvgIpc) is 3.06. The molecule has 2 aliphatic heterocycles. The molecule has 5 rings (SSSR count). The Morgan fingerprint density at radius 3 is 2.71 bits per heavy atom. The molecule has 0 aliphatic carbocycles. The van der Waals surface area contributed by atoms with Gasteiger partial charge in [-0.2, -0.15) is 0 Å². The summed E-state index contributed by atoms with van der Waals surface area (Å²) in [6, 6.07) is 18.0. The average molecular weight is 462 g/mol. The van der Waals surface area contributed by atoms with Crippen molar-refractivity contribution < 1.29 is 18.7 Å². The Kier molecular flexibility index (Phi) is 6.45. The molecule has 2 aliphatic rings. The van der Waals surface area contributed by atoms with Crippen LogP contribution >= 0.6 is 0 Å². The van der Waals surface area contributed by atoms with Crippen molar-refractivity contribution in [1.29, 1.82) is 0 Å². The number of carbonyl (C=O) groups is 1. The predicted octanol–water partition coefficient (Wildman–Crippen LogP) is 5.18. The van der Waals surface area contributed by atoms with Gasteiger partial charge in [0.05, 0.1) is 6.54 Å². The number of hydrogen-bond donors (Lipinski definition) is 0. The highest BCUT2D eigenvalue weighted by Crippen LogP contribution is 2.36. The Morgan fingerprint density at radius 2 is 1.88 bits per heavy atom. The molecule has 0 bridgehead atoms. The first-order chi connectivity index (χ1) is 16.6. The molecule has 7 heteroatoms. The second kappa shape index (κ2) is 9.81. The van der Waals surface area contributed by atoms with Crippen molar-refractivity contribution in [2.24, 2.45) is 0 Å². The van der Waals surface area contributed by atoms with Gasteiger partial charge in [0.25, 0.3) is 0 Å². The van der Waals surface area contributed by atoms with Crippen LogP contribution in [0.5, 0.6) is 5.75 Å². The molecule has 3 heterocycles. The Labute approximate surface area is 198 Å². The summed E-state index contributed by atoms with van der Waals surface area (Å²) in [6.45, 7) is 3.49. The topological polar surface area (TPSA) is 54.9 Å². The molecule has 0 saturated carbocycles. The number of aromatic nitrogens is 1. The molecule has 1 aromatic heterocycles. The van der Waals surface area contributed by atoms with Gasteiger partial charge in [0.15, 0.2) is 0 Å². The lowest BCUT2D eigenvalue weighted by Gasteiger charge is -2.26. The van der Waals surface area contributed by atoms with E-state index in [0.717, 1.165) is 55.8 Å². The van der Waals surface area contributed by atoms with E-state index >= 15 is 0 Å². The van der Waals surface area contributed by atoms with Gasteiger partial charge in [-0.05, 0) is 55.8 Å². The second-order valence-electron chi connectivity index (χ2n) is 9.00. The highest BCUT2D eigenvalue weighted by Gasteiger charge is 2.46. The van der Waals surface area contributed by atoms with E-state index in [1.807, 2.05) is 36.5 Å². The molecule has 34 heavy (non-hydrogen) atoms. The Balaban J connectivity index is 1.22. The lowest BCUT2D eigenvalue weighted by atomic mass is 9.95.